The normalized spacial score (nSPS) is 13.2. The molecule has 0 saturated carbocycles. The number of sulfone groups is 1. The van der Waals surface area contributed by atoms with Crippen LogP contribution >= 0.6 is 0 Å². The van der Waals surface area contributed by atoms with E-state index < -0.39 is 9.84 Å². The molecule has 0 aliphatic heterocycles. The highest BCUT2D eigenvalue weighted by Gasteiger charge is 2.14. The predicted octanol–water partition coefficient (Wildman–Crippen LogP) is 2.54. The van der Waals surface area contributed by atoms with Crippen LogP contribution in [0, 0.1) is 5.82 Å². The highest BCUT2D eigenvalue weighted by Crippen LogP contribution is 2.23. The zero-order valence-corrected chi connectivity index (χ0v) is 12.1. The molecular formula is C15H16FNO2S. The molecule has 20 heavy (non-hydrogen) atoms. The summed E-state index contributed by atoms with van der Waals surface area (Å²) < 4.78 is 36.2. The van der Waals surface area contributed by atoms with Crippen molar-refractivity contribution in [1.82, 2.24) is 5.32 Å². The topological polar surface area (TPSA) is 46.2 Å². The van der Waals surface area contributed by atoms with Gasteiger partial charge in [-0.1, -0.05) is 24.3 Å². The summed E-state index contributed by atoms with van der Waals surface area (Å²) in [5, 5.41) is 3.10. The Bertz CT molecular complexity index is 696. The van der Waals surface area contributed by atoms with Gasteiger partial charge in [0, 0.05) is 6.26 Å². The molecule has 0 aliphatic rings. The molecule has 0 bridgehead atoms. The zero-order chi connectivity index (χ0) is 14.8. The maximum absolute atomic E-state index is 13.3. The molecule has 0 saturated heterocycles. The average Bonchev–Trinajstić information content (AvgIpc) is 2.39. The van der Waals surface area contributed by atoms with Gasteiger partial charge in [0.2, 0.25) is 0 Å². The molecule has 0 aromatic heterocycles. The van der Waals surface area contributed by atoms with Gasteiger partial charge in [0.05, 0.1) is 10.9 Å². The quantitative estimate of drug-likeness (QED) is 0.942. The van der Waals surface area contributed by atoms with E-state index in [1.54, 1.807) is 37.4 Å². The van der Waals surface area contributed by atoms with Crippen LogP contribution in [0.2, 0.25) is 0 Å². The van der Waals surface area contributed by atoms with Gasteiger partial charge < -0.3 is 5.32 Å². The van der Waals surface area contributed by atoms with Crippen molar-refractivity contribution in [1.29, 1.82) is 0 Å². The minimum atomic E-state index is -3.20. The van der Waals surface area contributed by atoms with Crippen LogP contribution in [0.15, 0.2) is 53.4 Å². The van der Waals surface area contributed by atoms with Gasteiger partial charge in [-0.15, -0.1) is 0 Å². The summed E-state index contributed by atoms with van der Waals surface area (Å²) in [7, 11) is -1.43. The summed E-state index contributed by atoms with van der Waals surface area (Å²) >= 11 is 0. The molecule has 2 aromatic carbocycles. The second kappa shape index (κ2) is 5.73. The molecule has 0 spiro atoms. The van der Waals surface area contributed by atoms with Gasteiger partial charge in [-0.2, -0.15) is 0 Å². The largest absolute Gasteiger partial charge is 0.309 e. The van der Waals surface area contributed by atoms with Gasteiger partial charge in [0.15, 0.2) is 9.84 Å². The minimum Gasteiger partial charge on any atom is -0.309 e. The molecule has 1 unspecified atom stereocenters. The number of benzene rings is 2. The van der Waals surface area contributed by atoms with E-state index in [2.05, 4.69) is 5.32 Å². The van der Waals surface area contributed by atoms with E-state index >= 15 is 0 Å². The monoisotopic (exact) mass is 293 g/mol. The molecule has 2 aromatic rings. The Labute approximate surface area is 118 Å². The molecule has 3 nitrogen and oxygen atoms in total. The van der Waals surface area contributed by atoms with Crippen molar-refractivity contribution in [2.75, 3.05) is 13.3 Å². The predicted molar refractivity (Wildman–Crippen MR) is 76.9 cm³/mol. The molecule has 0 radical (unpaired) electrons. The van der Waals surface area contributed by atoms with Gasteiger partial charge in [-0.25, -0.2) is 12.8 Å². The zero-order valence-electron chi connectivity index (χ0n) is 11.3. The van der Waals surface area contributed by atoms with Crippen LogP contribution in [0.3, 0.4) is 0 Å². The van der Waals surface area contributed by atoms with E-state index in [9.17, 15) is 12.8 Å². The molecule has 0 aliphatic carbocycles. The van der Waals surface area contributed by atoms with Gasteiger partial charge in [-0.05, 0) is 42.4 Å². The first-order chi connectivity index (χ1) is 9.41. The molecule has 2 rings (SSSR count). The molecule has 0 amide bonds. The lowest BCUT2D eigenvalue weighted by atomic mass is 9.99. The van der Waals surface area contributed by atoms with E-state index in [1.807, 2.05) is 6.07 Å². The van der Waals surface area contributed by atoms with E-state index in [1.165, 1.54) is 18.4 Å². The van der Waals surface area contributed by atoms with Crippen molar-refractivity contribution >= 4 is 9.84 Å². The van der Waals surface area contributed by atoms with E-state index in [0.717, 1.165) is 11.1 Å². The van der Waals surface area contributed by atoms with Gasteiger partial charge in [0.25, 0.3) is 0 Å². The summed E-state index contributed by atoms with van der Waals surface area (Å²) in [4.78, 5) is 0.273. The molecule has 1 N–H and O–H groups in total. The Morgan fingerprint density at radius 3 is 2.20 bits per heavy atom. The lowest BCUT2D eigenvalue weighted by molar-refractivity contribution is 0.601. The Kier molecular flexibility index (Phi) is 4.20. The van der Waals surface area contributed by atoms with Crippen molar-refractivity contribution in [3.8, 4) is 0 Å². The lowest BCUT2D eigenvalue weighted by Gasteiger charge is -2.17. The van der Waals surface area contributed by atoms with Crippen molar-refractivity contribution in [2.24, 2.45) is 0 Å². The fourth-order valence-electron chi connectivity index (χ4n) is 2.12. The number of halogens is 1. The standard InChI is InChI=1S/C15H16FNO2S/c1-17-15(12-4-3-5-13(16)10-12)11-6-8-14(9-7-11)20(2,18)19/h3-10,15,17H,1-2H3. The van der Waals surface area contributed by atoms with Gasteiger partial charge in [-0.3, -0.25) is 0 Å². The highest BCUT2D eigenvalue weighted by atomic mass is 32.2. The first kappa shape index (κ1) is 14.7. The minimum absolute atomic E-state index is 0.181. The van der Waals surface area contributed by atoms with Crippen LogP contribution in [-0.2, 0) is 9.84 Å². The fourth-order valence-corrected chi connectivity index (χ4v) is 2.75. The highest BCUT2D eigenvalue weighted by molar-refractivity contribution is 7.90. The number of hydrogen-bond donors (Lipinski definition) is 1. The summed E-state index contributed by atoms with van der Waals surface area (Å²) in [5.74, 6) is -0.296. The summed E-state index contributed by atoms with van der Waals surface area (Å²) in [5.41, 5.74) is 1.67. The summed E-state index contributed by atoms with van der Waals surface area (Å²) in [6.45, 7) is 0. The number of rotatable bonds is 4. The molecule has 1 atom stereocenters. The van der Waals surface area contributed by atoms with Gasteiger partial charge in [0.1, 0.15) is 5.82 Å². The average molecular weight is 293 g/mol. The van der Waals surface area contributed by atoms with Crippen molar-refractivity contribution in [3.05, 3.63) is 65.5 Å². The van der Waals surface area contributed by atoms with E-state index in [-0.39, 0.29) is 16.8 Å². The fraction of sp³-hybridized carbons (Fsp3) is 0.200. The van der Waals surface area contributed by atoms with Crippen LogP contribution in [-0.4, -0.2) is 21.7 Å². The smallest absolute Gasteiger partial charge is 0.175 e. The molecule has 106 valence electrons. The SMILES string of the molecule is CNC(c1ccc(S(C)(=O)=O)cc1)c1cccc(F)c1. The van der Waals surface area contributed by atoms with E-state index in [4.69, 9.17) is 0 Å². The molecular weight excluding hydrogens is 277 g/mol. The van der Waals surface area contributed by atoms with Crippen LogP contribution in [0.4, 0.5) is 4.39 Å². The maximum atomic E-state index is 13.3. The third kappa shape index (κ3) is 3.23. The number of nitrogens with one attached hydrogen (secondary N) is 1. The van der Waals surface area contributed by atoms with Crippen LogP contribution in [0.25, 0.3) is 0 Å². The summed E-state index contributed by atoms with van der Waals surface area (Å²) in [6, 6.07) is 12.8. The Morgan fingerprint density at radius 2 is 1.70 bits per heavy atom. The molecule has 0 fully saturated rings. The van der Waals surface area contributed by atoms with Crippen molar-refractivity contribution in [2.45, 2.75) is 10.9 Å². The third-order valence-corrected chi connectivity index (χ3v) is 4.24. The second-order valence-electron chi connectivity index (χ2n) is 4.62. The Morgan fingerprint density at radius 1 is 1.05 bits per heavy atom. The second-order valence-corrected chi connectivity index (χ2v) is 6.63. The van der Waals surface area contributed by atoms with Gasteiger partial charge >= 0.3 is 0 Å². The maximum Gasteiger partial charge on any atom is 0.175 e. The Hall–Kier alpha value is -1.72. The number of hydrogen-bond acceptors (Lipinski definition) is 3. The lowest BCUT2D eigenvalue weighted by Crippen LogP contribution is -2.17. The van der Waals surface area contributed by atoms with E-state index in [0.29, 0.717) is 0 Å². The molecule has 5 heteroatoms. The Balaban J connectivity index is 2.38. The molecule has 0 heterocycles. The van der Waals surface area contributed by atoms with Crippen molar-refractivity contribution < 1.29 is 12.8 Å². The van der Waals surface area contributed by atoms with Crippen LogP contribution in [0.5, 0.6) is 0 Å². The first-order valence-electron chi connectivity index (χ1n) is 6.14. The third-order valence-electron chi connectivity index (χ3n) is 3.11. The van der Waals surface area contributed by atoms with Crippen LogP contribution in [0.1, 0.15) is 17.2 Å². The van der Waals surface area contributed by atoms with Crippen molar-refractivity contribution in [3.63, 3.8) is 0 Å². The van der Waals surface area contributed by atoms with Crippen LogP contribution < -0.4 is 5.32 Å². The first-order valence-corrected chi connectivity index (χ1v) is 8.03. The summed E-state index contributed by atoms with van der Waals surface area (Å²) in [6.07, 6.45) is 1.17.